The molecule has 6 nitrogen and oxygen atoms in total. The van der Waals surface area contributed by atoms with E-state index in [0.717, 1.165) is 31.2 Å². The van der Waals surface area contributed by atoms with Crippen LogP contribution in [0.25, 0.3) is 0 Å². The van der Waals surface area contributed by atoms with Gasteiger partial charge < -0.3 is 9.47 Å². The molecule has 1 aliphatic carbocycles. The van der Waals surface area contributed by atoms with Gasteiger partial charge in [0.2, 0.25) is 0 Å². The second-order valence-electron chi connectivity index (χ2n) is 9.59. The lowest BCUT2D eigenvalue weighted by Crippen LogP contribution is -2.24. The van der Waals surface area contributed by atoms with Gasteiger partial charge in [-0.1, -0.05) is 32.8 Å². The van der Waals surface area contributed by atoms with Crippen molar-refractivity contribution in [1.29, 1.82) is 0 Å². The summed E-state index contributed by atoms with van der Waals surface area (Å²) in [4.78, 5) is 15.0. The maximum atomic E-state index is 13.0. The molecule has 0 bridgehead atoms. The molecule has 3 rings (SSSR count). The number of sulfone groups is 1. The normalized spacial score (nSPS) is 14.3. The Morgan fingerprint density at radius 3 is 2.56 bits per heavy atom. The van der Waals surface area contributed by atoms with E-state index in [4.69, 9.17) is 9.47 Å². The Hall–Kier alpha value is -2.28. The first-order valence-corrected chi connectivity index (χ1v) is 13.1. The molecule has 1 aromatic carbocycles. The van der Waals surface area contributed by atoms with Gasteiger partial charge in [0, 0.05) is 5.56 Å². The number of aryl methyl sites for hydroxylation is 1. The fraction of sp³-hybridized carbons (Fsp3) is 0.560. The number of hydrogen-bond donors (Lipinski definition) is 1. The molecular formula is C25H35NO5S. The molecule has 0 spiro atoms. The van der Waals surface area contributed by atoms with Crippen LogP contribution in [0.3, 0.4) is 0 Å². The predicted molar refractivity (Wildman–Crippen MR) is 126 cm³/mol. The number of benzene rings is 1. The van der Waals surface area contributed by atoms with Crippen LogP contribution in [0.4, 0.5) is 0 Å². The molecule has 32 heavy (non-hydrogen) atoms. The topological polar surface area (TPSA) is 85.5 Å². The lowest BCUT2D eigenvalue weighted by molar-refractivity contribution is 0.299. The highest BCUT2D eigenvalue weighted by Crippen LogP contribution is 2.32. The molecule has 176 valence electrons. The molecule has 0 amide bonds. The zero-order valence-corrected chi connectivity index (χ0v) is 20.2. The number of hydrogen-bond acceptors (Lipinski definition) is 5. The number of nitrogens with one attached hydrogen (secondary N) is 1. The summed E-state index contributed by atoms with van der Waals surface area (Å²) in [5, 5.41) is 0. The van der Waals surface area contributed by atoms with E-state index in [2.05, 4.69) is 4.98 Å². The first-order valence-electron chi connectivity index (χ1n) is 11.4. The van der Waals surface area contributed by atoms with Gasteiger partial charge >= 0.3 is 0 Å². The highest BCUT2D eigenvalue weighted by Gasteiger charge is 2.28. The van der Waals surface area contributed by atoms with Crippen LogP contribution in [0.5, 0.6) is 11.6 Å². The van der Waals surface area contributed by atoms with Crippen molar-refractivity contribution < 1.29 is 17.9 Å². The van der Waals surface area contributed by atoms with Gasteiger partial charge in [0.15, 0.2) is 15.7 Å². The van der Waals surface area contributed by atoms with Crippen LogP contribution >= 0.6 is 0 Å². The number of aromatic amines is 1. The number of ether oxygens (including phenoxy) is 2. The summed E-state index contributed by atoms with van der Waals surface area (Å²) in [5.41, 5.74) is 0.303. The van der Waals surface area contributed by atoms with Crippen molar-refractivity contribution in [3.63, 3.8) is 0 Å². The van der Waals surface area contributed by atoms with Crippen LogP contribution in [0.1, 0.15) is 57.9 Å². The largest absolute Gasteiger partial charge is 0.493 e. The number of H-pyrrole nitrogens is 1. The van der Waals surface area contributed by atoms with Crippen LogP contribution in [-0.2, 0) is 16.3 Å². The zero-order chi connectivity index (χ0) is 23.2. The molecule has 1 N–H and O–H groups in total. The first kappa shape index (κ1) is 24.4. The van der Waals surface area contributed by atoms with Gasteiger partial charge in [-0.2, -0.15) is 0 Å². The van der Waals surface area contributed by atoms with Crippen molar-refractivity contribution >= 4 is 9.84 Å². The third-order valence-corrected chi connectivity index (χ3v) is 8.05. The van der Waals surface area contributed by atoms with Gasteiger partial charge in [0.05, 0.1) is 24.4 Å². The van der Waals surface area contributed by atoms with Crippen molar-refractivity contribution in [3.05, 3.63) is 52.3 Å². The minimum Gasteiger partial charge on any atom is -0.493 e. The van der Waals surface area contributed by atoms with E-state index in [9.17, 15) is 13.2 Å². The summed E-state index contributed by atoms with van der Waals surface area (Å²) in [6.07, 6.45) is 6.65. The Kier molecular flexibility index (Phi) is 8.04. The van der Waals surface area contributed by atoms with Crippen LogP contribution in [0.2, 0.25) is 0 Å². The van der Waals surface area contributed by atoms with E-state index in [-0.39, 0.29) is 16.7 Å². The number of rotatable bonds is 13. The maximum absolute atomic E-state index is 13.0. The average molecular weight is 462 g/mol. The molecule has 7 heteroatoms. The monoisotopic (exact) mass is 461 g/mol. The van der Waals surface area contributed by atoms with Crippen LogP contribution in [-0.4, -0.2) is 32.9 Å². The fourth-order valence-electron chi connectivity index (χ4n) is 3.82. The summed E-state index contributed by atoms with van der Waals surface area (Å²) in [6.45, 7) is 4.68. The SMILES string of the molecule is COc1ccc(CCCCCC(C)(C)CS(=O)(=O)c2cccc(OCC3CC3)c2)c(=O)[nH]1. The fourth-order valence-corrected chi connectivity index (χ4v) is 5.74. The molecule has 0 atom stereocenters. The second kappa shape index (κ2) is 10.6. The van der Waals surface area contributed by atoms with Gasteiger partial charge in [0.25, 0.3) is 5.56 Å². The molecule has 0 saturated heterocycles. The Morgan fingerprint density at radius 2 is 1.88 bits per heavy atom. The van der Waals surface area contributed by atoms with Crippen molar-refractivity contribution in [2.24, 2.45) is 11.3 Å². The summed E-state index contributed by atoms with van der Waals surface area (Å²) in [7, 11) is -1.88. The highest BCUT2D eigenvalue weighted by molar-refractivity contribution is 7.91. The molecule has 1 aliphatic rings. The van der Waals surface area contributed by atoms with E-state index in [1.165, 1.54) is 20.0 Å². The standard InChI is InChI=1S/C25H35NO5S/c1-25(2,15-6-4-5-8-20-13-14-23(30-3)26-24(20)27)18-32(28,29)22-10-7-9-21(16-22)31-17-19-11-12-19/h7,9-10,13-14,16,19H,4-6,8,11-12,15,17-18H2,1-3H3,(H,26,27). The third-order valence-electron chi connectivity index (χ3n) is 5.91. The molecule has 1 aromatic heterocycles. The van der Waals surface area contributed by atoms with Gasteiger partial charge in [0.1, 0.15) is 5.75 Å². The smallest absolute Gasteiger partial charge is 0.253 e. The van der Waals surface area contributed by atoms with E-state index in [0.29, 0.717) is 35.5 Å². The summed E-state index contributed by atoms with van der Waals surface area (Å²) in [5.74, 6) is 1.81. The Bertz CT molecular complexity index is 1050. The number of methoxy groups -OCH3 is 1. The van der Waals surface area contributed by atoms with Crippen molar-refractivity contribution in [3.8, 4) is 11.6 Å². The quantitative estimate of drug-likeness (QED) is 0.434. The van der Waals surface area contributed by atoms with Crippen molar-refractivity contribution in [2.45, 2.75) is 63.7 Å². The van der Waals surface area contributed by atoms with Crippen LogP contribution in [0, 0.1) is 11.3 Å². The Labute approximate surface area is 191 Å². The van der Waals surface area contributed by atoms with E-state index >= 15 is 0 Å². The molecule has 1 saturated carbocycles. The molecular weight excluding hydrogens is 426 g/mol. The van der Waals surface area contributed by atoms with Crippen LogP contribution < -0.4 is 15.0 Å². The maximum Gasteiger partial charge on any atom is 0.253 e. The molecule has 0 radical (unpaired) electrons. The predicted octanol–water partition coefficient (Wildman–Crippen LogP) is 4.78. The molecule has 0 aliphatic heterocycles. The Balaban J connectivity index is 1.46. The Morgan fingerprint density at radius 1 is 1.09 bits per heavy atom. The second-order valence-corrected chi connectivity index (χ2v) is 11.6. The summed E-state index contributed by atoms with van der Waals surface area (Å²) < 4.78 is 36.8. The van der Waals surface area contributed by atoms with Gasteiger partial charge in [-0.15, -0.1) is 0 Å². The van der Waals surface area contributed by atoms with Gasteiger partial charge in [-0.25, -0.2) is 8.42 Å². The summed E-state index contributed by atoms with van der Waals surface area (Å²) >= 11 is 0. The number of aromatic nitrogens is 1. The van der Waals surface area contributed by atoms with E-state index in [1.54, 1.807) is 30.3 Å². The molecule has 1 fully saturated rings. The molecule has 2 aromatic rings. The van der Waals surface area contributed by atoms with E-state index in [1.807, 2.05) is 19.9 Å². The van der Waals surface area contributed by atoms with E-state index < -0.39 is 9.84 Å². The molecule has 1 heterocycles. The number of pyridine rings is 1. The van der Waals surface area contributed by atoms with Gasteiger partial charge in [-0.3, -0.25) is 9.78 Å². The third kappa shape index (κ3) is 7.40. The van der Waals surface area contributed by atoms with Crippen LogP contribution in [0.15, 0.2) is 46.1 Å². The number of unbranched alkanes of at least 4 members (excludes halogenated alkanes) is 2. The van der Waals surface area contributed by atoms with Gasteiger partial charge in [-0.05, 0) is 73.8 Å². The van der Waals surface area contributed by atoms with Crippen molar-refractivity contribution in [2.75, 3.05) is 19.5 Å². The minimum atomic E-state index is -3.40. The van der Waals surface area contributed by atoms with Crippen molar-refractivity contribution in [1.82, 2.24) is 4.98 Å². The lowest BCUT2D eigenvalue weighted by atomic mass is 9.89. The lowest BCUT2D eigenvalue weighted by Gasteiger charge is -2.24. The molecule has 0 unspecified atom stereocenters. The average Bonchev–Trinajstić information content (AvgIpc) is 3.57. The summed E-state index contributed by atoms with van der Waals surface area (Å²) in [6, 6.07) is 10.4. The highest BCUT2D eigenvalue weighted by atomic mass is 32.2. The zero-order valence-electron chi connectivity index (χ0n) is 19.4. The first-order chi connectivity index (χ1) is 15.2. The minimum absolute atomic E-state index is 0.101.